The molecule has 5 nitrogen and oxygen atoms in total. The number of hydrogen-bond donors (Lipinski definition) is 2. The molecule has 0 atom stereocenters. The van der Waals surface area contributed by atoms with Crippen LogP contribution in [0.4, 0.5) is 0 Å². The minimum Gasteiger partial charge on any atom is -0.384 e. The van der Waals surface area contributed by atoms with E-state index in [2.05, 4.69) is 30.0 Å². The molecule has 0 aromatic carbocycles. The monoisotopic (exact) mass is 271 g/mol. The summed E-state index contributed by atoms with van der Waals surface area (Å²) in [4.78, 5) is 4.56. The number of rotatable bonds is 4. The molecule has 0 amide bonds. The average molecular weight is 271 g/mol. The van der Waals surface area contributed by atoms with Gasteiger partial charge in [0, 0.05) is 11.4 Å². The van der Waals surface area contributed by atoms with Crippen LogP contribution >= 0.6 is 0 Å². The number of amidine groups is 1. The zero-order valence-electron chi connectivity index (χ0n) is 12.5. The molecular weight excluding hydrogens is 250 g/mol. The van der Waals surface area contributed by atoms with Gasteiger partial charge in [0.1, 0.15) is 5.84 Å². The molecule has 0 spiro atoms. The van der Waals surface area contributed by atoms with Gasteiger partial charge in [0.2, 0.25) is 0 Å². The van der Waals surface area contributed by atoms with E-state index in [1.54, 1.807) is 0 Å². The van der Waals surface area contributed by atoms with E-state index in [4.69, 9.17) is 11.1 Å². The number of aromatic nitrogens is 3. The Hall–Kier alpha value is -2.17. The second kappa shape index (κ2) is 5.45. The van der Waals surface area contributed by atoms with E-state index in [0.717, 1.165) is 35.5 Å². The smallest absolute Gasteiger partial charge is 0.165 e. The highest BCUT2D eigenvalue weighted by Crippen LogP contribution is 2.20. The van der Waals surface area contributed by atoms with Crippen LogP contribution in [0.3, 0.4) is 0 Å². The highest BCUT2D eigenvalue weighted by molar-refractivity contribution is 5.99. The van der Waals surface area contributed by atoms with Crippen LogP contribution in [0.1, 0.15) is 42.1 Å². The molecule has 0 aliphatic rings. The number of aryl methyl sites for hydroxylation is 4. The minimum atomic E-state index is 0.0283. The Morgan fingerprint density at radius 2 is 1.95 bits per heavy atom. The fourth-order valence-electron chi connectivity index (χ4n) is 2.39. The van der Waals surface area contributed by atoms with Crippen LogP contribution in [0, 0.1) is 19.3 Å². The Labute approximate surface area is 119 Å². The Kier molecular flexibility index (Phi) is 3.88. The molecule has 0 saturated heterocycles. The topological polar surface area (TPSA) is 80.6 Å². The van der Waals surface area contributed by atoms with Crippen molar-refractivity contribution >= 4 is 5.84 Å². The molecule has 2 aromatic heterocycles. The number of nitrogens with two attached hydrogens (primary N) is 1. The summed E-state index contributed by atoms with van der Waals surface area (Å²) in [5, 5.41) is 12.4. The third kappa shape index (κ3) is 2.43. The molecule has 5 heteroatoms. The van der Waals surface area contributed by atoms with Crippen molar-refractivity contribution in [3.8, 4) is 5.82 Å². The molecule has 0 fully saturated rings. The Morgan fingerprint density at radius 3 is 2.50 bits per heavy atom. The van der Waals surface area contributed by atoms with Gasteiger partial charge in [-0.05, 0) is 44.4 Å². The summed E-state index contributed by atoms with van der Waals surface area (Å²) in [5.41, 5.74) is 10.4. The lowest BCUT2D eigenvalue weighted by Gasteiger charge is -2.13. The van der Waals surface area contributed by atoms with Gasteiger partial charge in [-0.15, -0.1) is 0 Å². The van der Waals surface area contributed by atoms with Crippen LogP contribution in [0.25, 0.3) is 5.82 Å². The van der Waals surface area contributed by atoms with E-state index in [0.29, 0.717) is 11.4 Å². The molecule has 0 bridgehead atoms. The van der Waals surface area contributed by atoms with Crippen molar-refractivity contribution < 1.29 is 0 Å². The van der Waals surface area contributed by atoms with Crippen molar-refractivity contribution in [2.24, 2.45) is 5.73 Å². The molecule has 3 N–H and O–H groups in total. The molecule has 0 unspecified atom stereocenters. The number of nitrogens with one attached hydrogen (secondary N) is 1. The molecule has 2 aromatic rings. The zero-order valence-corrected chi connectivity index (χ0v) is 12.5. The second-order valence-electron chi connectivity index (χ2n) is 4.94. The van der Waals surface area contributed by atoms with E-state index in [9.17, 15) is 0 Å². The SMILES string of the molecule is CCc1cc(CC)n(-c2nc(C)cc(C)c2C(=N)N)n1. The van der Waals surface area contributed by atoms with Gasteiger partial charge in [0.25, 0.3) is 0 Å². The number of nitrogens with zero attached hydrogens (tertiary/aromatic N) is 3. The van der Waals surface area contributed by atoms with Gasteiger partial charge in [-0.3, -0.25) is 5.41 Å². The summed E-state index contributed by atoms with van der Waals surface area (Å²) in [6.45, 7) is 8.05. The molecule has 0 saturated carbocycles. The largest absolute Gasteiger partial charge is 0.384 e. The minimum absolute atomic E-state index is 0.0283. The quantitative estimate of drug-likeness (QED) is 0.661. The molecule has 0 radical (unpaired) electrons. The standard InChI is InChI=1S/C15H21N5/c1-5-11-8-12(6-2)20(19-11)15-13(14(16)17)9(3)7-10(4)18-15/h7-8H,5-6H2,1-4H3,(H3,16,17). The van der Waals surface area contributed by atoms with Gasteiger partial charge in [-0.1, -0.05) is 13.8 Å². The fourth-order valence-corrected chi connectivity index (χ4v) is 2.39. The van der Waals surface area contributed by atoms with Gasteiger partial charge in [0.15, 0.2) is 5.82 Å². The number of nitrogen functional groups attached to an aromatic ring is 1. The lowest BCUT2D eigenvalue weighted by Crippen LogP contribution is -2.19. The van der Waals surface area contributed by atoms with E-state index in [-0.39, 0.29) is 5.84 Å². The van der Waals surface area contributed by atoms with Crippen LogP contribution in [0.2, 0.25) is 0 Å². The van der Waals surface area contributed by atoms with Crippen molar-refractivity contribution in [1.82, 2.24) is 14.8 Å². The first-order valence-corrected chi connectivity index (χ1v) is 6.88. The second-order valence-corrected chi connectivity index (χ2v) is 4.94. The predicted octanol–water partition coefficient (Wildman–Crippen LogP) is 2.29. The van der Waals surface area contributed by atoms with Crippen LogP contribution < -0.4 is 5.73 Å². The van der Waals surface area contributed by atoms with Crippen LogP contribution in [-0.4, -0.2) is 20.6 Å². The molecule has 2 heterocycles. The van der Waals surface area contributed by atoms with E-state index >= 15 is 0 Å². The van der Waals surface area contributed by atoms with Crippen molar-refractivity contribution in [2.75, 3.05) is 0 Å². The lowest BCUT2D eigenvalue weighted by molar-refractivity contribution is 0.766. The van der Waals surface area contributed by atoms with E-state index < -0.39 is 0 Å². The maximum Gasteiger partial charge on any atom is 0.165 e. The third-order valence-corrected chi connectivity index (χ3v) is 3.35. The molecule has 106 valence electrons. The molecular formula is C15H21N5. The highest BCUT2D eigenvalue weighted by Gasteiger charge is 2.17. The summed E-state index contributed by atoms with van der Waals surface area (Å²) in [7, 11) is 0. The lowest BCUT2D eigenvalue weighted by atomic mass is 10.1. The maximum atomic E-state index is 7.81. The average Bonchev–Trinajstić information content (AvgIpc) is 2.80. The van der Waals surface area contributed by atoms with Crippen molar-refractivity contribution in [3.63, 3.8) is 0 Å². The maximum absolute atomic E-state index is 7.81. The number of hydrogen-bond acceptors (Lipinski definition) is 3. The predicted molar refractivity (Wildman–Crippen MR) is 80.6 cm³/mol. The number of pyridine rings is 1. The Bertz CT molecular complexity index is 655. The molecule has 0 aliphatic carbocycles. The summed E-state index contributed by atoms with van der Waals surface area (Å²) in [6.07, 6.45) is 1.74. The third-order valence-electron chi connectivity index (χ3n) is 3.35. The Morgan fingerprint density at radius 1 is 1.25 bits per heavy atom. The normalized spacial score (nSPS) is 10.8. The summed E-state index contributed by atoms with van der Waals surface area (Å²) >= 11 is 0. The van der Waals surface area contributed by atoms with Gasteiger partial charge in [-0.25, -0.2) is 9.67 Å². The zero-order chi connectivity index (χ0) is 14.9. The summed E-state index contributed by atoms with van der Waals surface area (Å²) in [6, 6.07) is 4.03. The Balaban J connectivity index is 2.74. The fraction of sp³-hybridized carbons (Fsp3) is 0.400. The van der Waals surface area contributed by atoms with Crippen molar-refractivity contribution in [3.05, 3.63) is 40.3 Å². The first-order chi connectivity index (χ1) is 9.47. The van der Waals surface area contributed by atoms with E-state index in [1.807, 2.05) is 24.6 Å². The molecule has 0 aliphatic heterocycles. The first kappa shape index (κ1) is 14.2. The molecule has 2 rings (SSSR count). The van der Waals surface area contributed by atoms with Crippen LogP contribution in [0.5, 0.6) is 0 Å². The molecule has 20 heavy (non-hydrogen) atoms. The van der Waals surface area contributed by atoms with Gasteiger partial charge < -0.3 is 5.73 Å². The van der Waals surface area contributed by atoms with Gasteiger partial charge >= 0.3 is 0 Å². The van der Waals surface area contributed by atoms with Crippen LogP contribution in [-0.2, 0) is 12.8 Å². The van der Waals surface area contributed by atoms with Gasteiger partial charge in [0.05, 0.1) is 11.3 Å². The van der Waals surface area contributed by atoms with Crippen molar-refractivity contribution in [1.29, 1.82) is 5.41 Å². The van der Waals surface area contributed by atoms with E-state index in [1.165, 1.54) is 0 Å². The highest BCUT2D eigenvalue weighted by atomic mass is 15.3. The van der Waals surface area contributed by atoms with Gasteiger partial charge in [-0.2, -0.15) is 5.10 Å². The van der Waals surface area contributed by atoms with Crippen LogP contribution in [0.15, 0.2) is 12.1 Å². The summed E-state index contributed by atoms with van der Waals surface area (Å²) < 4.78 is 1.83. The van der Waals surface area contributed by atoms with Crippen molar-refractivity contribution in [2.45, 2.75) is 40.5 Å². The summed E-state index contributed by atoms with van der Waals surface area (Å²) in [5.74, 6) is 0.687. The first-order valence-electron chi connectivity index (χ1n) is 6.88.